The molecule has 0 aromatic carbocycles. The summed E-state index contributed by atoms with van der Waals surface area (Å²) in [5.41, 5.74) is 0.468. The number of amides is 3. The molecule has 1 heterocycles. The van der Waals surface area contributed by atoms with E-state index in [4.69, 9.17) is 0 Å². The van der Waals surface area contributed by atoms with Crippen molar-refractivity contribution in [1.29, 1.82) is 0 Å². The minimum atomic E-state index is -0.562. The van der Waals surface area contributed by atoms with Crippen molar-refractivity contribution in [1.82, 2.24) is 4.90 Å². The third kappa shape index (κ3) is 1.21. The molecule has 0 atom stereocenters. The van der Waals surface area contributed by atoms with E-state index >= 15 is 0 Å². The zero-order chi connectivity index (χ0) is 10.1. The number of hydrogen-bond acceptors (Lipinski definition) is 3. The van der Waals surface area contributed by atoms with Crippen LogP contribution in [0.4, 0.5) is 0 Å². The Morgan fingerprint density at radius 3 is 2.36 bits per heavy atom. The maximum absolute atomic E-state index is 11.6. The van der Waals surface area contributed by atoms with Crippen LogP contribution in [-0.2, 0) is 14.4 Å². The van der Waals surface area contributed by atoms with Gasteiger partial charge in [0.15, 0.2) is 0 Å². The molecular formula is C10H7NO3. The van der Waals surface area contributed by atoms with E-state index in [1.165, 1.54) is 0 Å². The van der Waals surface area contributed by atoms with Gasteiger partial charge in [0.1, 0.15) is 0 Å². The molecule has 4 heteroatoms. The first-order valence-electron chi connectivity index (χ1n) is 4.16. The lowest BCUT2D eigenvalue weighted by atomic mass is 10.2. The topological polar surface area (TPSA) is 54.5 Å². The van der Waals surface area contributed by atoms with E-state index in [2.05, 4.69) is 0 Å². The van der Waals surface area contributed by atoms with Crippen LogP contribution in [0.2, 0.25) is 0 Å². The summed E-state index contributed by atoms with van der Waals surface area (Å²) < 4.78 is 0. The maximum atomic E-state index is 11.6. The third-order valence-corrected chi connectivity index (χ3v) is 2.06. The van der Waals surface area contributed by atoms with Crippen LogP contribution in [0.25, 0.3) is 0 Å². The molecule has 0 aromatic heterocycles. The second-order valence-electron chi connectivity index (χ2n) is 2.97. The Hall–Kier alpha value is -1.97. The van der Waals surface area contributed by atoms with E-state index in [0.717, 1.165) is 12.2 Å². The van der Waals surface area contributed by atoms with Gasteiger partial charge in [0.25, 0.3) is 17.7 Å². The van der Waals surface area contributed by atoms with Crippen molar-refractivity contribution in [2.45, 2.75) is 6.42 Å². The highest BCUT2D eigenvalue weighted by molar-refractivity contribution is 6.25. The fourth-order valence-electron chi connectivity index (χ4n) is 1.35. The first kappa shape index (κ1) is 8.62. The number of nitrogens with zero attached hydrogens (tertiary/aromatic N) is 1. The Morgan fingerprint density at radius 2 is 1.86 bits per heavy atom. The van der Waals surface area contributed by atoms with Gasteiger partial charge in [0.2, 0.25) is 0 Å². The lowest BCUT2D eigenvalue weighted by molar-refractivity contribution is -0.146. The van der Waals surface area contributed by atoms with Gasteiger partial charge in [-0.3, -0.25) is 14.4 Å². The van der Waals surface area contributed by atoms with Crippen molar-refractivity contribution in [3.05, 3.63) is 36.0 Å². The number of carbonyl (C=O) groups is 3. The Balaban J connectivity index is 2.20. The monoisotopic (exact) mass is 189 g/mol. The molecule has 0 saturated carbocycles. The molecule has 1 aliphatic carbocycles. The van der Waals surface area contributed by atoms with Crippen LogP contribution >= 0.6 is 0 Å². The minimum absolute atomic E-state index is 0.468. The molecule has 2 aliphatic rings. The van der Waals surface area contributed by atoms with Gasteiger partial charge in [0, 0.05) is 17.7 Å². The summed E-state index contributed by atoms with van der Waals surface area (Å²) in [6, 6.07) is 0. The highest BCUT2D eigenvalue weighted by Crippen LogP contribution is 2.16. The van der Waals surface area contributed by atoms with Crippen molar-refractivity contribution >= 4 is 17.7 Å². The van der Waals surface area contributed by atoms with E-state index in [1.54, 1.807) is 18.2 Å². The molecule has 4 nitrogen and oxygen atoms in total. The van der Waals surface area contributed by atoms with E-state index in [9.17, 15) is 14.4 Å². The van der Waals surface area contributed by atoms with Crippen molar-refractivity contribution in [3.63, 3.8) is 0 Å². The van der Waals surface area contributed by atoms with Crippen LogP contribution < -0.4 is 0 Å². The molecule has 14 heavy (non-hydrogen) atoms. The van der Waals surface area contributed by atoms with Gasteiger partial charge in [-0.05, 0) is 6.42 Å². The van der Waals surface area contributed by atoms with Crippen LogP contribution in [0.5, 0.6) is 0 Å². The van der Waals surface area contributed by atoms with E-state index in [1.807, 2.05) is 0 Å². The summed E-state index contributed by atoms with van der Waals surface area (Å²) in [5, 5.41) is 0. The molecule has 0 saturated heterocycles. The molecule has 1 aliphatic heterocycles. The predicted molar refractivity (Wildman–Crippen MR) is 47.8 cm³/mol. The molecule has 70 valence electrons. The van der Waals surface area contributed by atoms with E-state index in [0.29, 0.717) is 16.9 Å². The Kier molecular flexibility index (Phi) is 1.89. The Morgan fingerprint density at radius 1 is 1.21 bits per heavy atom. The highest BCUT2D eigenvalue weighted by atomic mass is 16.2. The second-order valence-corrected chi connectivity index (χ2v) is 2.97. The minimum Gasteiger partial charge on any atom is -0.269 e. The van der Waals surface area contributed by atoms with Gasteiger partial charge in [0.05, 0.1) is 0 Å². The quantitative estimate of drug-likeness (QED) is 0.558. The number of rotatable bonds is 1. The van der Waals surface area contributed by atoms with Crippen molar-refractivity contribution < 1.29 is 14.4 Å². The number of imide groups is 3. The van der Waals surface area contributed by atoms with Crippen molar-refractivity contribution in [2.75, 3.05) is 0 Å². The molecule has 0 radical (unpaired) electrons. The lowest BCUT2D eigenvalue weighted by Gasteiger charge is -2.11. The van der Waals surface area contributed by atoms with Crippen LogP contribution in [0.1, 0.15) is 6.42 Å². The zero-order valence-corrected chi connectivity index (χ0v) is 7.27. The van der Waals surface area contributed by atoms with E-state index in [-0.39, 0.29) is 0 Å². The smallest absolute Gasteiger partial charge is 0.264 e. The summed E-state index contributed by atoms with van der Waals surface area (Å²) in [6.45, 7) is 0. The van der Waals surface area contributed by atoms with Gasteiger partial charge in [-0.1, -0.05) is 18.2 Å². The fraction of sp³-hybridized carbons (Fsp3) is 0.100. The molecule has 0 spiro atoms. The lowest BCUT2D eigenvalue weighted by Crippen LogP contribution is -2.36. The van der Waals surface area contributed by atoms with E-state index < -0.39 is 17.7 Å². The number of carbonyl (C=O) groups excluding carboxylic acids is 3. The zero-order valence-electron chi connectivity index (χ0n) is 7.27. The van der Waals surface area contributed by atoms with Crippen molar-refractivity contribution in [3.8, 4) is 0 Å². The normalized spacial score (nSPS) is 19.4. The van der Waals surface area contributed by atoms with Crippen LogP contribution in [-0.4, -0.2) is 22.6 Å². The Bertz CT molecular complexity index is 397. The summed E-state index contributed by atoms with van der Waals surface area (Å²) in [7, 11) is 0. The molecule has 0 fully saturated rings. The number of hydrogen-bond donors (Lipinski definition) is 0. The first-order chi connectivity index (χ1) is 6.70. The third-order valence-electron chi connectivity index (χ3n) is 2.06. The molecule has 0 unspecified atom stereocenters. The van der Waals surface area contributed by atoms with Crippen molar-refractivity contribution in [2.24, 2.45) is 0 Å². The first-order valence-corrected chi connectivity index (χ1v) is 4.16. The van der Waals surface area contributed by atoms with Gasteiger partial charge in [-0.15, -0.1) is 0 Å². The summed E-state index contributed by atoms with van der Waals surface area (Å²) >= 11 is 0. The van der Waals surface area contributed by atoms with Gasteiger partial charge in [-0.2, -0.15) is 0 Å². The van der Waals surface area contributed by atoms with Gasteiger partial charge >= 0.3 is 0 Å². The SMILES string of the molecule is O=C1C=CC(=O)N1C(=O)C1=CC=CC1. The molecule has 0 aromatic rings. The number of allylic oxidation sites excluding steroid dienone is 3. The molecule has 0 N–H and O–H groups in total. The molecule has 0 bridgehead atoms. The van der Waals surface area contributed by atoms with Gasteiger partial charge in [-0.25, -0.2) is 4.90 Å². The fourth-order valence-corrected chi connectivity index (χ4v) is 1.35. The second kappa shape index (κ2) is 3.06. The summed E-state index contributed by atoms with van der Waals surface area (Å²) in [5.74, 6) is -1.64. The van der Waals surface area contributed by atoms with Gasteiger partial charge < -0.3 is 0 Å². The maximum Gasteiger partial charge on any atom is 0.264 e. The summed E-state index contributed by atoms with van der Waals surface area (Å²) in [6.07, 6.45) is 7.82. The summed E-state index contributed by atoms with van der Waals surface area (Å²) in [4.78, 5) is 34.5. The van der Waals surface area contributed by atoms with Crippen LogP contribution in [0, 0.1) is 0 Å². The molecule has 3 amide bonds. The average Bonchev–Trinajstić information content (AvgIpc) is 2.75. The Labute approximate surface area is 80.2 Å². The highest BCUT2D eigenvalue weighted by Gasteiger charge is 2.31. The largest absolute Gasteiger partial charge is 0.269 e. The van der Waals surface area contributed by atoms with Crippen LogP contribution in [0.3, 0.4) is 0 Å². The standard InChI is InChI=1S/C10H7NO3/c12-8-5-6-9(13)11(8)10(14)7-3-1-2-4-7/h1-3,5-6H,4H2. The predicted octanol–water partition coefficient (Wildman–Crippen LogP) is 0.324. The molecular weight excluding hydrogens is 182 g/mol. The average molecular weight is 189 g/mol. The molecule has 2 rings (SSSR count). The van der Waals surface area contributed by atoms with Crippen LogP contribution in [0.15, 0.2) is 36.0 Å².